The van der Waals surface area contributed by atoms with Crippen molar-refractivity contribution >= 4 is 33.3 Å². The fourth-order valence-corrected chi connectivity index (χ4v) is 5.81. The van der Waals surface area contributed by atoms with Crippen molar-refractivity contribution in [3.63, 3.8) is 0 Å². The van der Waals surface area contributed by atoms with Crippen molar-refractivity contribution in [2.75, 3.05) is 28.0 Å². The van der Waals surface area contributed by atoms with Gasteiger partial charge in [-0.15, -0.1) is 0 Å². The lowest BCUT2D eigenvalue weighted by molar-refractivity contribution is -0.120. The number of carbonyl (C=O) groups is 1. The molecule has 1 atom stereocenters. The van der Waals surface area contributed by atoms with Crippen LogP contribution in [0.4, 0.5) is 17.3 Å². The summed E-state index contributed by atoms with van der Waals surface area (Å²) in [6.45, 7) is 8.66. The third-order valence-electron chi connectivity index (χ3n) is 6.62. The molecule has 12 nitrogen and oxygen atoms in total. The minimum absolute atomic E-state index is 0.0606. The van der Waals surface area contributed by atoms with Gasteiger partial charge < -0.3 is 10.2 Å². The standard InChI is InChI=1S/C27H31N9O3S/c1-17-13-24(31-20(4)30-17)34-40(38,39)23-9-7-22(8-10-23)32-27(37)21-6-5-11-35(15-21)25-14-26(29-16-28-25)36-19(3)12-18(2)33-36/h7-10,12-14,16,21H,5-6,11,15H2,1-4H3,(H,32,37)(H,30,31,34). The van der Waals surface area contributed by atoms with E-state index in [2.05, 4.69) is 40.0 Å². The normalized spacial score (nSPS) is 15.6. The Morgan fingerprint density at radius 1 is 0.950 bits per heavy atom. The van der Waals surface area contributed by atoms with Gasteiger partial charge in [0.05, 0.1) is 16.5 Å². The summed E-state index contributed by atoms with van der Waals surface area (Å²) < 4.78 is 29.9. The number of anilines is 3. The van der Waals surface area contributed by atoms with Gasteiger partial charge in [-0.05, 0) is 70.9 Å². The minimum atomic E-state index is -3.85. The van der Waals surface area contributed by atoms with Crippen molar-refractivity contribution in [3.8, 4) is 5.82 Å². The van der Waals surface area contributed by atoms with Crippen LogP contribution in [0, 0.1) is 33.6 Å². The van der Waals surface area contributed by atoms with Crippen molar-refractivity contribution < 1.29 is 13.2 Å². The number of benzene rings is 1. The molecule has 0 aliphatic carbocycles. The fourth-order valence-electron chi connectivity index (χ4n) is 4.81. The molecule has 3 aromatic heterocycles. The van der Waals surface area contributed by atoms with Gasteiger partial charge in [0.25, 0.3) is 10.0 Å². The summed E-state index contributed by atoms with van der Waals surface area (Å²) in [6, 6.07) is 11.5. The molecule has 0 radical (unpaired) electrons. The molecule has 0 bridgehead atoms. The van der Waals surface area contributed by atoms with E-state index in [-0.39, 0.29) is 22.5 Å². The maximum Gasteiger partial charge on any atom is 0.263 e. The summed E-state index contributed by atoms with van der Waals surface area (Å²) in [5.74, 6) is 1.71. The molecule has 208 valence electrons. The molecule has 1 aliphatic rings. The highest BCUT2D eigenvalue weighted by molar-refractivity contribution is 7.92. The summed E-state index contributed by atoms with van der Waals surface area (Å²) in [4.78, 5) is 32.4. The molecule has 1 aromatic carbocycles. The highest BCUT2D eigenvalue weighted by Gasteiger charge is 2.27. The number of hydrogen-bond donors (Lipinski definition) is 2. The Hall–Kier alpha value is -4.39. The SMILES string of the molecule is Cc1cc(NS(=O)(=O)c2ccc(NC(=O)C3CCCN(c4cc(-n5nc(C)cc5C)ncn4)C3)cc2)nc(C)n1. The van der Waals surface area contributed by atoms with E-state index in [1.165, 1.54) is 18.5 Å². The average molecular weight is 562 g/mol. The van der Waals surface area contributed by atoms with Crippen LogP contribution in [0.15, 0.2) is 53.7 Å². The van der Waals surface area contributed by atoms with Crippen molar-refractivity contribution in [1.29, 1.82) is 0 Å². The van der Waals surface area contributed by atoms with E-state index >= 15 is 0 Å². The topological polar surface area (TPSA) is 148 Å². The summed E-state index contributed by atoms with van der Waals surface area (Å²) in [6.07, 6.45) is 3.09. The number of hydrogen-bond acceptors (Lipinski definition) is 9. The molecule has 4 aromatic rings. The van der Waals surface area contributed by atoms with Crippen LogP contribution in [-0.2, 0) is 14.8 Å². The molecule has 1 fully saturated rings. The number of sulfonamides is 1. The second-order valence-electron chi connectivity index (χ2n) is 9.92. The monoisotopic (exact) mass is 561 g/mol. The Labute approximate surface area is 233 Å². The van der Waals surface area contributed by atoms with E-state index in [9.17, 15) is 13.2 Å². The van der Waals surface area contributed by atoms with Crippen molar-refractivity contribution in [2.45, 2.75) is 45.4 Å². The Morgan fingerprint density at radius 3 is 2.40 bits per heavy atom. The second kappa shape index (κ2) is 11.0. The number of aromatic nitrogens is 6. The predicted octanol–water partition coefficient (Wildman–Crippen LogP) is 3.34. The first-order valence-corrected chi connectivity index (χ1v) is 14.4. The van der Waals surface area contributed by atoms with Crippen LogP contribution in [0.3, 0.4) is 0 Å². The van der Waals surface area contributed by atoms with Crippen LogP contribution < -0.4 is 14.9 Å². The number of aryl methyl sites for hydroxylation is 4. The maximum absolute atomic E-state index is 13.1. The van der Waals surface area contributed by atoms with Gasteiger partial charge in [-0.25, -0.2) is 33.0 Å². The van der Waals surface area contributed by atoms with E-state index in [0.717, 1.165) is 36.6 Å². The lowest BCUT2D eigenvalue weighted by Gasteiger charge is -2.33. The van der Waals surface area contributed by atoms with Crippen LogP contribution in [-0.4, -0.2) is 57.1 Å². The van der Waals surface area contributed by atoms with Gasteiger partial charge in [0, 0.05) is 42.3 Å². The third-order valence-corrected chi connectivity index (χ3v) is 7.99. The zero-order chi connectivity index (χ0) is 28.4. The Kier molecular flexibility index (Phi) is 7.48. The molecule has 1 saturated heterocycles. The van der Waals surface area contributed by atoms with Gasteiger partial charge in [-0.3, -0.25) is 9.52 Å². The number of amides is 1. The molecular weight excluding hydrogens is 530 g/mol. The minimum Gasteiger partial charge on any atom is -0.356 e. The smallest absolute Gasteiger partial charge is 0.263 e. The molecule has 5 rings (SSSR count). The van der Waals surface area contributed by atoms with Crippen molar-refractivity contribution in [1.82, 2.24) is 29.7 Å². The number of rotatable bonds is 7. The largest absolute Gasteiger partial charge is 0.356 e. The summed E-state index contributed by atoms with van der Waals surface area (Å²) >= 11 is 0. The number of piperidine rings is 1. The van der Waals surface area contributed by atoms with E-state index in [1.54, 1.807) is 36.7 Å². The third kappa shape index (κ3) is 6.09. The lowest BCUT2D eigenvalue weighted by atomic mass is 9.97. The maximum atomic E-state index is 13.1. The Morgan fingerprint density at radius 2 is 1.70 bits per heavy atom. The number of nitrogens with one attached hydrogen (secondary N) is 2. The van der Waals surface area contributed by atoms with Gasteiger partial charge in [0.15, 0.2) is 5.82 Å². The van der Waals surface area contributed by atoms with Gasteiger partial charge in [0.2, 0.25) is 5.91 Å². The van der Waals surface area contributed by atoms with Gasteiger partial charge in [0.1, 0.15) is 23.8 Å². The van der Waals surface area contributed by atoms with Gasteiger partial charge in [-0.2, -0.15) is 5.10 Å². The van der Waals surface area contributed by atoms with E-state index in [4.69, 9.17) is 0 Å². The molecule has 4 heterocycles. The second-order valence-corrected chi connectivity index (χ2v) is 11.6. The van der Waals surface area contributed by atoms with Gasteiger partial charge >= 0.3 is 0 Å². The summed E-state index contributed by atoms with van der Waals surface area (Å²) in [5, 5.41) is 7.43. The molecule has 1 aliphatic heterocycles. The predicted molar refractivity (Wildman–Crippen MR) is 151 cm³/mol. The van der Waals surface area contributed by atoms with Crippen LogP contribution in [0.2, 0.25) is 0 Å². The lowest BCUT2D eigenvalue weighted by Crippen LogP contribution is -2.41. The molecule has 0 saturated carbocycles. The molecule has 13 heteroatoms. The quantitative estimate of drug-likeness (QED) is 0.347. The van der Waals surface area contributed by atoms with E-state index in [0.29, 0.717) is 29.6 Å². The zero-order valence-corrected chi connectivity index (χ0v) is 23.6. The highest BCUT2D eigenvalue weighted by Crippen LogP contribution is 2.25. The van der Waals surface area contributed by atoms with Crippen LogP contribution >= 0.6 is 0 Å². The Balaban J connectivity index is 1.23. The first-order chi connectivity index (χ1) is 19.1. The zero-order valence-electron chi connectivity index (χ0n) is 22.8. The molecular formula is C27H31N9O3S. The van der Waals surface area contributed by atoms with Crippen molar-refractivity contribution in [2.24, 2.45) is 5.92 Å². The average Bonchev–Trinajstić information content (AvgIpc) is 3.26. The number of carbonyl (C=O) groups excluding carboxylic acids is 1. The van der Waals surface area contributed by atoms with Crippen LogP contribution in [0.5, 0.6) is 0 Å². The molecule has 2 N–H and O–H groups in total. The van der Waals surface area contributed by atoms with Crippen LogP contribution in [0.1, 0.15) is 35.7 Å². The Bertz CT molecular complexity index is 1630. The molecule has 1 unspecified atom stereocenters. The van der Waals surface area contributed by atoms with E-state index in [1.807, 2.05) is 26.0 Å². The molecule has 0 spiro atoms. The van der Waals surface area contributed by atoms with Gasteiger partial charge in [-0.1, -0.05) is 0 Å². The number of nitrogens with zero attached hydrogens (tertiary/aromatic N) is 7. The first kappa shape index (κ1) is 27.2. The summed E-state index contributed by atoms with van der Waals surface area (Å²) in [7, 11) is -3.85. The molecule has 40 heavy (non-hydrogen) atoms. The fraction of sp³-hybridized carbons (Fsp3) is 0.333. The highest BCUT2D eigenvalue weighted by atomic mass is 32.2. The summed E-state index contributed by atoms with van der Waals surface area (Å²) in [5.41, 5.74) is 3.06. The van der Waals surface area contributed by atoms with Crippen LogP contribution in [0.25, 0.3) is 5.82 Å². The molecule has 1 amide bonds. The van der Waals surface area contributed by atoms with Crippen molar-refractivity contribution in [3.05, 3.63) is 71.7 Å². The van der Waals surface area contributed by atoms with E-state index < -0.39 is 10.0 Å². The first-order valence-electron chi connectivity index (χ1n) is 12.9.